The minimum absolute atomic E-state index is 0.150. The topological polar surface area (TPSA) is 62.1 Å². The van der Waals surface area contributed by atoms with Crippen molar-refractivity contribution in [2.75, 3.05) is 13.6 Å². The first kappa shape index (κ1) is 7.27. The highest BCUT2D eigenvalue weighted by Crippen LogP contribution is 2.31. The van der Waals surface area contributed by atoms with Gasteiger partial charge in [0.15, 0.2) is 0 Å². The maximum Gasteiger partial charge on any atom is 0.259 e. The lowest BCUT2D eigenvalue weighted by molar-refractivity contribution is 0.0316. The van der Waals surface area contributed by atoms with Crippen LogP contribution < -0.4 is 0 Å². The van der Waals surface area contributed by atoms with E-state index in [1.807, 2.05) is 11.9 Å². The molecule has 10 heavy (non-hydrogen) atoms. The zero-order valence-corrected chi connectivity index (χ0v) is 5.94. The van der Waals surface area contributed by atoms with Crippen molar-refractivity contribution >= 4 is 0 Å². The summed E-state index contributed by atoms with van der Waals surface area (Å²) in [6.07, 6.45) is 0. The maximum absolute atomic E-state index is 10.1. The zero-order chi connectivity index (χ0) is 7.78. The number of likely N-dealkylation sites (tertiary alicyclic amines) is 1. The Kier molecular flexibility index (Phi) is 1.52. The third-order valence-corrected chi connectivity index (χ3v) is 2.13. The summed E-state index contributed by atoms with van der Waals surface area (Å²) in [6.45, 7) is 2.10. The summed E-state index contributed by atoms with van der Waals surface area (Å²) < 4.78 is 0. The highest BCUT2D eigenvalue weighted by atomic mass is 16.3. The molecule has 1 atom stereocenters. The van der Waals surface area contributed by atoms with E-state index >= 15 is 0 Å². The fourth-order valence-corrected chi connectivity index (χ4v) is 1.10. The average molecular weight is 143 g/mol. The van der Waals surface area contributed by atoms with Gasteiger partial charge in [-0.3, -0.25) is 4.90 Å². The SMILES string of the molecule is CC1N(C)CC1(N=O)N=O. The van der Waals surface area contributed by atoms with Crippen LogP contribution in [0.3, 0.4) is 0 Å². The molecule has 0 amide bonds. The predicted octanol–water partition coefficient (Wildman–Crippen LogP) is 0.549. The van der Waals surface area contributed by atoms with Crippen LogP contribution in [0.2, 0.25) is 0 Å². The normalized spacial score (nSPS) is 30.8. The van der Waals surface area contributed by atoms with Crippen LogP contribution in [0.4, 0.5) is 0 Å². The van der Waals surface area contributed by atoms with Crippen molar-refractivity contribution in [1.29, 1.82) is 0 Å². The Balaban J connectivity index is 2.71. The van der Waals surface area contributed by atoms with E-state index in [2.05, 4.69) is 10.4 Å². The molecule has 0 bridgehead atoms. The van der Waals surface area contributed by atoms with Crippen LogP contribution in [0.1, 0.15) is 6.92 Å². The van der Waals surface area contributed by atoms with Gasteiger partial charge in [-0.1, -0.05) is 0 Å². The van der Waals surface area contributed by atoms with Gasteiger partial charge in [0.1, 0.15) is 0 Å². The van der Waals surface area contributed by atoms with Crippen molar-refractivity contribution in [1.82, 2.24) is 4.90 Å². The number of hydrogen-bond donors (Lipinski definition) is 0. The van der Waals surface area contributed by atoms with Crippen LogP contribution in [0.15, 0.2) is 10.4 Å². The summed E-state index contributed by atoms with van der Waals surface area (Å²) >= 11 is 0. The Morgan fingerprint density at radius 1 is 1.50 bits per heavy atom. The molecular formula is C5H9N3O2. The lowest BCUT2D eigenvalue weighted by atomic mass is 9.93. The van der Waals surface area contributed by atoms with E-state index in [9.17, 15) is 9.81 Å². The molecular weight excluding hydrogens is 134 g/mol. The molecule has 5 nitrogen and oxygen atoms in total. The average Bonchev–Trinajstić information content (AvgIpc) is 1.99. The van der Waals surface area contributed by atoms with E-state index in [-0.39, 0.29) is 6.04 Å². The Labute approximate surface area is 58.3 Å². The lowest BCUT2D eigenvalue weighted by Crippen LogP contribution is -2.64. The van der Waals surface area contributed by atoms with E-state index in [1.165, 1.54) is 0 Å². The monoisotopic (exact) mass is 143 g/mol. The standard InChI is InChI=1S/C5H9N3O2/c1-4-5(6-9,7-10)3-8(4)2/h4H,3H2,1-2H3. The van der Waals surface area contributed by atoms with Gasteiger partial charge in [0.25, 0.3) is 5.66 Å². The third kappa shape index (κ3) is 0.668. The molecule has 0 aromatic rings. The van der Waals surface area contributed by atoms with Gasteiger partial charge in [-0.2, -0.15) is 0 Å². The molecule has 56 valence electrons. The van der Waals surface area contributed by atoms with Gasteiger partial charge < -0.3 is 0 Å². The first-order valence-electron chi connectivity index (χ1n) is 3.05. The second-order valence-corrected chi connectivity index (χ2v) is 2.65. The van der Waals surface area contributed by atoms with Crippen LogP contribution in [0, 0.1) is 9.81 Å². The molecule has 1 saturated heterocycles. The molecule has 0 radical (unpaired) electrons. The van der Waals surface area contributed by atoms with Crippen LogP contribution in [-0.2, 0) is 0 Å². The van der Waals surface area contributed by atoms with Gasteiger partial charge >= 0.3 is 0 Å². The molecule has 1 unspecified atom stereocenters. The van der Waals surface area contributed by atoms with E-state index < -0.39 is 5.66 Å². The first-order chi connectivity index (χ1) is 4.66. The summed E-state index contributed by atoms with van der Waals surface area (Å²) in [6, 6.07) is -0.150. The summed E-state index contributed by atoms with van der Waals surface area (Å²) in [4.78, 5) is 22.1. The van der Waals surface area contributed by atoms with Crippen molar-refractivity contribution < 1.29 is 0 Å². The second kappa shape index (κ2) is 2.09. The Hall–Kier alpha value is -0.840. The van der Waals surface area contributed by atoms with Crippen LogP contribution in [-0.4, -0.2) is 30.2 Å². The van der Waals surface area contributed by atoms with Crippen molar-refractivity contribution in [3.8, 4) is 0 Å². The molecule has 1 heterocycles. The molecule has 0 aliphatic carbocycles. The molecule has 0 spiro atoms. The Morgan fingerprint density at radius 2 is 2.00 bits per heavy atom. The summed E-state index contributed by atoms with van der Waals surface area (Å²) in [7, 11) is 1.82. The molecule has 0 N–H and O–H groups in total. The Bertz CT molecular complexity index is 162. The van der Waals surface area contributed by atoms with Crippen molar-refractivity contribution in [2.45, 2.75) is 18.6 Å². The first-order valence-corrected chi connectivity index (χ1v) is 3.05. The Morgan fingerprint density at radius 3 is 2.10 bits per heavy atom. The molecule has 0 saturated carbocycles. The van der Waals surface area contributed by atoms with Gasteiger partial charge in [0.2, 0.25) is 0 Å². The van der Waals surface area contributed by atoms with E-state index in [4.69, 9.17) is 0 Å². The number of nitroso groups, excluding NO2 is 2. The smallest absolute Gasteiger partial charge is 0.259 e. The maximum atomic E-state index is 10.1. The quantitative estimate of drug-likeness (QED) is 0.530. The van der Waals surface area contributed by atoms with Crippen LogP contribution in [0.5, 0.6) is 0 Å². The van der Waals surface area contributed by atoms with Gasteiger partial charge in [0.05, 0.1) is 12.6 Å². The van der Waals surface area contributed by atoms with Gasteiger partial charge in [-0.15, -0.1) is 9.81 Å². The second-order valence-electron chi connectivity index (χ2n) is 2.65. The summed E-state index contributed by atoms with van der Waals surface area (Å²) in [5, 5.41) is 5.41. The molecule has 0 aromatic carbocycles. The highest BCUT2D eigenvalue weighted by molar-refractivity contribution is 5.05. The number of rotatable bonds is 2. The molecule has 1 rings (SSSR count). The third-order valence-electron chi connectivity index (χ3n) is 2.13. The van der Waals surface area contributed by atoms with Crippen molar-refractivity contribution in [3.05, 3.63) is 9.81 Å². The highest BCUT2D eigenvalue weighted by Gasteiger charge is 2.52. The molecule has 1 fully saturated rings. The molecule has 5 heteroatoms. The van der Waals surface area contributed by atoms with Crippen LogP contribution >= 0.6 is 0 Å². The summed E-state index contributed by atoms with van der Waals surface area (Å²) in [5.41, 5.74) is -1.20. The molecule has 1 aliphatic rings. The molecule has 0 aromatic heterocycles. The van der Waals surface area contributed by atoms with E-state index in [1.54, 1.807) is 6.92 Å². The van der Waals surface area contributed by atoms with Gasteiger partial charge in [0, 0.05) is 0 Å². The largest absolute Gasteiger partial charge is 0.294 e. The zero-order valence-electron chi connectivity index (χ0n) is 5.94. The number of hydrogen-bond acceptors (Lipinski definition) is 5. The number of nitrogens with zero attached hydrogens (tertiary/aromatic N) is 3. The van der Waals surface area contributed by atoms with Crippen molar-refractivity contribution in [2.24, 2.45) is 10.4 Å². The fraction of sp³-hybridized carbons (Fsp3) is 1.00. The van der Waals surface area contributed by atoms with Gasteiger partial charge in [-0.25, -0.2) is 0 Å². The van der Waals surface area contributed by atoms with E-state index in [0.29, 0.717) is 6.54 Å². The van der Waals surface area contributed by atoms with E-state index in [0.717, 1.165) is 0 Å². The van der Waals surface area contributed by atoms with Crippen LogP contribution in [0.25, 0.3) is 0 Å². The lowest BCUT2D eigenvalue weighted by Gasteiger charge is -2.44. The molecule has 1 aliphatic heterocycles. The van der Waals surface area contributed by atoms with Gasteiger partial charge in [-0.05, 0) is 24.3 Å². The fourth-order valence-electron chi connectivity index (χ4n) is 1.10. The summed E-state index contributed by atoms with van der Waals surface area (Å²) in [5.74, 6) is 0. The minimum Gasteiger partial charge on any atom is -0.294 e. The number of likely N-dealkylation sites (N-methyl/N-ethyl adjacent to an activating group) is 1. The predicted molar refractivity (Wildman–Crippen MR) is 36.4 cm³/mol. The van der Waals surface area contributed by atoms with Crippen molar-refractivity contribution in [3.63, 3.8) is 0 Å². The minimum atomic E-state index is -1.20.